The highest BCUT2D eigenvalue weighted by atomic mass is 33.1. The smallest absolute Gasteiger partial charge is 0.464 e. The molecular formula is C12H14NO5S2+. The van der Waals surface area contributed by atoms with Gasteiger partial charge in [0.25, 0.3) is 6.21 Å². The summed E-state index contributed by atoms with van der Waals surface area (Å²) in [6.45, 7) is 1.92. The topological polar surface area (TPSA) is 75.9 Å². The quantitative estimate of drug-likeness (QED) is 0.326. The van der Waals surface area contributed by atoms with Gasteiger partial charge < -0.3 is 14.2 Å². The molecule has 0 aromatic heterocycles. The number of nitrogens with zero attached hydrogens (tertiary/aromatic N) is 1. The fourth-order valence-corrected chi connectivity index (χ4v) is 3.12. The van der Waals surface area contributed by atoms with E-state index >= 15 is 0 Å². The number of allylic oxidation sites excluding steroid dienone is 1. The molecule has 0 bridgehead atoms. The molecule has 108 valence electrons. The van der Waals surface area contributed by atoms with Crippen molar-refractivity contribution in [2.45, 2.75) is 6.92 Å². The SMILES string of the molecule is CC1(C(=O)OCCSSC2=[N+]=CC=C2)COC(=O)OC1. The van der Waals surface area contributed by atoms with Gasteiger partial charge in [-0.05, 0) is 6.92 Å². The summed E-state index contributed by atoms with van der Waals surface area (Å²) in [6, 6.07) is 0. The molecule has 8 heteroatoms. The normalized spacial score (nSPS) is 19.2. The van der Waals surface area contributed by atoms with Gasteiger partial charge in [0.15, 0.2) is 0 Å². The molecule has 0 unspecified atom stereocenters. The zero-order valence-corrected chi connectivity index (χ0v) is 12.5. The standard InChI is InChI=1S/C12H14NO5S2/c1-12(7-17-11(15)18-8-12)10(14)16-5-6-19-20-9-3-2-4-13-9/h2-4H,5-8H2,1H3/q+1. The van der Waals surface area contributed by atoms with Crippen molar-refractivity contribution in [1.29, 1.82) is 0 Å². The molecule has 0 aromatic rings. The summed E-state index contributed by atoms with van der Waals surface area (Å²) >= 11 is 0. The number of carbonyl (C=O) groups excluding carboxylic acids is 2. The van der Waals surface area contributed by atoms with E-state index in [1.54, 1.807) is 23.9 Å². The van der Waals surface area contributed by atoms with E-state index in [9.17, 15) is 9.59 Å². The second-order valence-corrected chi connectivity index (χ2v) is 6.84. The average Bonchev–Trinajstić information content (AvgIpc) is 2.95. The number of hydrogen-bond donors (Lipinski definition) is 0. The molecule has 0 radical (unpaired) electrons. The van der Waals surface area contributed by atoms with Gasteiger partial charge in [-0.2, -0.15) is 0 Å². The summed E-state index contributed by atoms with van der Waals surface area (Å²) in [4.78, 5) is 22.7. The van der Waals surface area contributed by atoms with E-state index in [0.29, 0.717) is 12.4 Å². The van der Waals surface area contributed by atoms with E-state index in [0.717, 1.165) is 5.04 Å². The maximum Gasteiger partial charge on any atom is 0.508 e. The van der Waals surface area contributed by atoms with Crippen molar-refractivity contribution in [3.8, 4) is 0 Å². The van der Waals surface area contributed by atoms with E-state index in [-0.39, 0.29) is 13.2 Å². The lowest BCUT2D eigenvalue weighted by Gasteiger charge is -2.29. The molecule has 2 aliphatic rings. The maximum atomic E-state index is 11.9. The first-order chi connectivity index (χ1) is 9.60. The van der Waals surface area contributed by atoms with Gasteiger partial charge in [0, 0.05) is 28.7 Å². The Morgan fingerprint density at radius 1 is 1.50 bits per heavy atom. The molecule has 0 amide bonds. The van der Waals surface area contributed by atoms with Crippen LogP contribution in [-0.4, -0.2) is 49.0 Å². The maximum absolute atomic E-state index is 11.9. The number of esters is 1. The molecule has 0 N–H and O–H groups in total. The zero-order valence-electron chi connectivity index (χ0n) is 10.9. The summed E-state index contributed by atoms with van der Waals surface area (Å²) < 4.78 is 18.7. The van der Waals surface area contributed by atoms with Gasteiger partial charge in [-0.15, -0.1) is 0 Å². The minimum absolute atomic E-state index is 0.00993. The van der Waals surface area contributed by atoms with Crippen LogP contribution in [0.15, 0.2) is 12.2 Å². The molecule has 0 aromatic carbocycles. The van der Waals surface area contributed by atoms with Gasteiger partial charge in [-0.25, -0.2) is 4.79 Å². The number of rotatable bonds is 5. The van der Waals surface area contributed by atoms with Gasteiger partial charge in [-0.3, -0.25) is 4.79 Å². The van der Waals surface area contributed by atoms with E-state index < -0.39 is 17.5 Å². The highest BCUT2D eigenvalue weighted by molar-refractivity contribution is 8.82. The van der Waals surface area contributed by atoms with Crippen LogP contribution in [0.1, 0.15) is 6.92 Å². The third-order valence-corrected chi connectivity index (χ3v) is 4.81. The van der Waals surface area contributed by atoms with E-state index in [1.165, 1.54) is 10.8 Å². The summed E-state index contributed by atoms with van der Waals surface area (Å²) in [5.74, 6) is 0.238. The lowest BCUT2D eigenvalue weighted by Crippen LogP contribution is -2.44. The van der Waals surface area contributed by atoms with Crippen molar-refractivity contribution in [3.05, 3.63) is 12.2 Å². The van der Waals surface area contributed by atoms with Crippen LogP contribution in [0, 0.1) is 5.41 Å². The molecule has 0 saturated carbocycles. The molecule has 6 nitrogen and oxygen atoms in total. The molecule has 0 atom stereocenters. The van der Waals surface area contributed by atoms with Gasteiger partial charge in [0.1, 0.15) is 25.2 Å². The monoisotopic (exact) mass is 316 g/mol. The van der Waals surface area contributed by atoms with Crippen LogP contribution in [0.5, 0.6) is 0 Å². The molecular weight excluding hydrogens is 302 g/mol. The van der Waals surface area contributed by atoms with Gasteiger partial charge >= 0.3 is 17.2 Å². The Morgan fingerprint density at radius 3 is 2.90 bits per heavy atom. The first-order valence-electron chi connectivity index (χ1n) is 5.94. The molecule has 20 heavy (non-hydrogen) atoms. The van der Waals surface area contributed by atoms with Crippen molar-refractivity contribution < 1.29 is 23.8 Å². The molecule has 2 heterocycles. The van der Waals surface area contributed by atoms with Crippen LogP contribution in [0.4, 0.5) is 4.79 Å². The van der Waals surface area contributed by atoms with Crippen LogP contribution >= 0.6 is 21.6 Å². The van der Waals surface area contributed by atoms with Crippen LogP contribution in [-0.2, 0) is 19.0 Å². The van der Waals surface area contributed by atoms with Crippen molar-refractivity contribution in [2.24, 2.45) is 5.41 Å². The molecule has 2 rings (SSSR count). The summed E-state index contributed by atoms with van der Waals surface area (Å²) in [6.07, 6.45) is 4.77. The second kappa shape index (κ2) is 6.88. The minimum atomic E-state index is -0.918. The Hall–Kier alpha value is -1.37. The molecule has 0 aliphatic carbocycles. The van der Waals surface area contributed by atoms with E-state index in [1.807, 2.05) is 12.2 Å². The third-order valence-electron chi connectivity index (χ3n) is 2.58. The van der Waals surface area contributed by atoms with Gasteiger partial charge in [-0.1, -0.05) is 15.5 Å². The number of ether oxygens (including phenoxy) is 3. The van der Waals surface area contributed by atoms with Crippen molar-refractivity contribution in [3.63, 3.8) is 0 Å². The minimum Gasteiger partial charge on any atom is -0.464 e. The van der Waals surface area contributed by atoms with Crippen LogP contribution in [0.25, 0.3) is 0 Å². The van der Waals surface area contributed by atoms with Crippen LogP contribution < -0.4 is 4.67 Å². The van der Waals surface area contributed by atoms with Crippen molar-refractivity contribution >= 4 is 45.0 Å². The second-order valence-electron chi connectivity index (χ2n) is 4.40. The summed E-state index contributed by atoms with van der Waals surface area (Å²) in [7, 11) is 3.09. The van der Waals surface area contributed by atoms with Crippen LogP contribution in [0.3, 0.4) is 0 Å². The lowest BCUT2D eigenvalue weighted by atomic mass is 9.93. The molecule has 2 aliphatic heterocycles. The highest BCUT2D eigenvalue weighted by Crippen LogP contribution is 2.25. The van der Waals surface area contributed by atoms with E-state index in [4.69, 9.17) is 14.2 Å². The fraction of sp³-hybridized carbons (Fsp3) is 0.500. The Labute approximate surface area is 124 Å². The zero-order chi connectivity index (χ0) is 14.4. The number of carbonyl (C=O) groups is 2. The Morgan fingerprint density at radius 2 is 2.25 bits per heavy atom. The average molecular weight is 316 g/mol. The first kappa shape index (κ1) is 15.0. The van der Waals surface area contributed by atoms with Crippen molar-refractivity contribution in [2.75, 3.05) is 25.6 Å². The summed E-state index contributed by atoms with van der Waals surface area (Å²) in [5, 5.41) is 0.931. The van der Waals surface area contributed by atoms with Gasteiger partial charge in [0.2, 0.25) is 0 Å². The Bertz CT molecular complexity index is 486. The molecule has 1 fully saturated rings. The Kier molecular flexibility index (Phi) is 5.17. The number of hydrogen-bond acceptors (Lipinski definition) is 7. The predicted molar refractivity (Wildman–Crippen MR) is 78.8 cm³/mol. The molecule has 1 saturated heterocycles. The summed E-state index contributed by atoms with van der Waals surface area (Å²) in [5.41, 5.74) is -0.918. The number of cyclic esters (lactones) is 2. The first-order valence-corrected chi connectivity index (χ1v) is 8.26. The van der Waals surface area contributed by atoms with Crippen LogP contribution in [0.2, 0.25) is 0 Å². The van der Waals surface area contributed by atoms with Crippen molar-refractivity contribution in [1.82, 2.24) is 4.67 Å². The molecule has 0 spiro atoms. The Balaban J connectivity index is 1.63. The lowest BCUT2D eigenvalue weighted by molar-refractivity contribution is -0.165. The largest absolute Gasteiger partial charge is 0.508 e. The fourth-order valence-electron chi connectivity index (χ4n) is 1.42. The third kappa shape index (κ3) is 4.06. The predicted octanol–water partition coefficient (Wildman–Crippen LogP) is 1.19. The van der Waals surface area contributed by atoms with Gasteiger partial charge in [0.05, 0.1) is 0 Å². The highest BCUT2D eigenvalue weighted by Gasteiger charge is 2.41. The van der Waals surface area contributed by atoms with E-state index in [2.05, 4.69) is 4.67 Å².